The zero-order valence-corrected chi connectivity index (χ0v) is 13.4. The van der Waals surface area contributed by atoms with Crippen molar-refractivity contribution in [3.05, 3.63) is 32.9 Å². The monoisotopic (exact) mass is 338 g/mol. The molecule has 0 spiro atoms. The van der Waals surface area contributed by atoms with Gasteiger partial charge >= 0.3 is 4.87 Å². The van der Waals surface area contributed by atoms with Crippen molar-refractivity contribution in [3.63, 3.8) is 0 Å². The molecule has 22 heavy (non-hydrogen) atoms. The molecule has 2 aromatic rings. The predicted molar refractivity (Wildman–Crippen MR) is 88.8 cm³/mol. The summed E-state index contributed by atoms with van der Waals surface area (Å²) in [4.78, 5) is 26.1. The zero-order valence-electron chi connectivity index (χ0n) is 11.9. The van der Waals surface area contributed by atoms with Gasteiger partial charge in [-0.3, -0.25) is 19.2 Å². The van der Waals surface area contributed by atoms with E-state index in [0.717, 1.165) is 16.0 Å². The molecule has 0 aliphatic carbocycles. The van der Waals surface area contributed by atoms with E-state index in [9.17, 15) is 9.59 Å². The highest BCUT2D eigenvalue weighted by molar-refractivity contribution is 7.16. The third-order valence-electron chi connectivity index (χ3n) is 3.73. The summed E-state index contributed by atoms with van der Waals surface area (Å²) < 4.78 is 2.33. The fraction of sp³-hybridized carbons (Fsp3) is 0.357. The highest BCUT2D eigenvalue weighted by Crippen LogP contribution is 2.21. The third kappa shape index (κ3) is 2.86. The number of aromatic nitrogens is 1. The molecule has 0 unspecified atom stereocenters. The first-order valence-corrected chi connectivity index (χ1v) is 8.06. The summed E-state index contributed by atoms with van der Waals surface area (Å²) in [6.07, 6.45) is 0. The molecule has 1 aliphatic heterocycles. The van der Waals surface area contributed by atoms with Gasteiger partial charge in [0.15, 0.2) is 0 Å². The molecule has 8 heteroatoms. The van der Waals surface area contributed by atoms with Crippen molar-refractivity contribution >= 4 is 45.8 Å². The Bertz CT molecular complexity index is 777. The van der Waals surface area contributed by atoms with Crippen LogP contribution in [0.3, 0.4) is 0 Å². The van der Waals surface area contributed by atoms with E-state index in [1.54, 1.807) is 23.1 Å². The summed E-state index contributed by atoms with van der Waals surface area (Å²) in [5.41, 5.74) is 0.710. The number of benzene rings is 1. The van der Waals surface area contributed by atoms with Crippen molar-refractivity contribution in [2.75, 3.05) is 26.2 Å². The number of rotatable bonds is 3. The van der Waals surface area contributed by atoms with Crippen LogP contribution in [0.15, 0.2) is 28.1 Å². The van der Waals surface area contributed by atoms with Crippen molar-refractivity contribution in [1.29, 1.82) is 0 Å². The second-order valence-corrected chi connectivity index (χ2v) is 6.47. The van der Waals surface area contributed by atoms with Gasteiger partial charge < -0.3 is 4.90 Å². The van der Waals surface area contributed by atoms with Crippen LogP contribution in [0.25, 0.3) is 10.2 Å². The summed E-state index contributed by atoms with van der Waals surface area (Å²) in [5, 5.41) is 6.24. The molecule has 0 N–H and O–H groups in total. The lowest BCUT2D eigenvalue weighted by Crippen LogP contribution is -2.48. The Morgan fingerprint density at radius 3 is 2.73 bits per heavy atom. The summed E-state index contributed by atoms with van der Waals surface area (Å²) in [5.74, 6) is -0.0644. The molecule has 116 valence electrons. The van der Waals surface area contributed by atoms with Crippen LogP contribution in [-0.4, -0.2) is 53.3 Å². The molecule has 1 fully saturated rings. The second kappa shape index (κ2) is 6.10. The summed E-state index contributed by atoms with van der Waals surface area (Å²) in [6.45, 7) is 6.05. The molecule has 0 radical (unpaired) electrons. The fourth-order valence-electron chi connectivity index (χ4n) is 2.51. The van der Waals surface area contributed by atoms with E-state index >= 15 is 0 Å². The van der Waals surface area contributed by atoms with Gasteiger partial charge in [-0.25, -0.2) is 0 Å². The largest absolute Gasteiger partial charge is 0.337 e. The number of halogens is 1. The molecule has 0 bridgehead atoms. The molecule has 3 rings (SSSR count). The topological polar surface area (TPSA) is 57.9 Å². The van der Waals surface area contributed by atoms with Gasteiger partial charge in [-0.1, -0.05) is 22.9 Å². The lowest BCUT2D eigenvalue weighted by atomic mass is 10.3. The Hall–Kier alpha value is -1.86. The molecule has 1 saturated heterocycles. The highest BCUT2D eigenvalue weighted by Gasteiger charge is 2.21. The number of nitrogens with zero attached hydrogens (tertiary/aromatic N) is 4. The average molecular weight is 339 g/mol. The van der Waals surface area contributed by atoms with Crippen molar-refractivity contribution in [3.8, 4) is 0 Å². The highest BCUT2D eigenvalue weighted by atomic mass is 35.5. The number of carbonyl (C=O) groups excluding carboxylic acids is 1. The maximum absolute atomic E-state index is 12.4. The van der Waals surface area contributed by atoms with Gasteiger partial charge in [-0.05, 0) is 18.2 Å². The van der Waals surface area contributed by atoms with Crippen LogP contribution in [-0.2, 0) is 11.3 Å². The number of thiazole rings is 1. The number of piperazine rings is 1. The Labute approximate surface area is 136 Å². The SMILES string of the molecule is C=NN1CCN(C(=O)Cn2c(=O)sc3ccc(Cl)cc32)CC1. The van der Waals surface area contributed by atoms with Crippen molar-refractivity contribution in [1.82, 2.24) is 14.5 Å². The number of fused-ring (bicyclic) bond motifs is 1. The second-order valence-electron chi connectivity index (χ2n) is 5.04. The van der Waals surface area contributed by atoms with Gasteiger partial charge in [0, 0.05) is 24.8 Å². The molecular weight excluding hydrogens is 324 g/mol. The van der Waals surface area contributed by atoms with Crippen molar-refractivity contribution in [2.24, 2.45) is 5.10 Å². The summed E-state index contributed by atoms with van der Waals surface area (Å²) in [6, 6.07) is 5.27. The third-order valence-corrected chi connectivity index (χ3v) is 4.93. The smallest absolute Gasteiger partial charge is 0.308 e. The molecule has 1 aromatic carbocycles. The summed E-state index contributed by atoms with van der Waals surface area (Å²) in [7, 11) is 0. The minimum absolute atomic E-state index is 0.0424. The molecule has 1 aromatic heterocycles. The lowest BCUT2D eigenvalue weighted by Gasteiger charge is -2.32. The average Bonchev–Trinajstić information content (AvgIpc) is 2.83. The summed E-state index contributed by atoms with van der Waals surface area (Å²) >= 11 is 7.12. The number of hydrazone groups is 1. The van der Waals surface area contributed by atoms with Crippen LogP contribution in [0.4, 0.5) is 0 Å². The van der Waals surface area contributed by atoms with Gasteiger partial charge in [0.25, 0.3) is 0 Å². The zero-order chi connectivity index (χ0) is 15.7. The van der Waals surface area contributed by atoms with Crippen molar-refractivity contribution < 1.29 is 4.79 Å². The van der Waals surface area contributed by atoms with E-state index in [-0.39, 0.29) is 17.3 Å². The van der Waals surface area contributed by atoms with Crippen LogP contribution in [0.2, 0.25) is 5.02 Å². The van der Waals surface area contributed by atoms with E-state index < -0.39 is 0 Å². The Morgan fingerprint density at radius 2 is 2.05 bits per heavy atom. The maximum atomic E-state index is 12.4. The number of carbonyl (C=O) groups is 1. The molecule has 6 nitrogen and oxygen atoms in total. The maximum Gasteiger partial charge on any atom is 0.308 e. The number of amides is 1. The first-order valence-electron chi connectivity index (χ1n) is 6.87. The predicted octanol–water partition coefficient (Wildman–Crippen LogP) is 1.48. The fourth-order valence-corrected chi connectivity index (χ4v) is 3.54. The Morgan fingerprint density at radius 1 is 1.32 bits per heavy atom. The first kappa shape index (κ1) is 15.1. The van der Waals surface area contributed by atoms with Gasteiger partial charge in [0.2, 0.25) is 5.91 Å². The van der Waals surface area contributed by atoms with Crippen LogP contribution in [0.5, 0.6) is 0 Å². The van der Waals surface area contributed by atoms with Crippen LogP contribution in [0, 0.1) is 0 Å². The normalized spacial score (nSPS) is 15.3. The van der Waals surface area contributed by atoms with Crippen molar-refractivity contribution in [2.45, 2.75) is 6.54 Å². The van der Waals surface area contributed by atoms with E-state index in [1.165, 1.54) is 4.57 Å². The molecule has 0 atom stereocenters. The van der Waals surface area contributed by atoms with E-state index in [2.05, 4.69) is 11.8 Å². The molecule has 2 heterocycles. The van der Waals surface area contributed by atoms with Crippen LogP contribution < -0.4 is 4.87 Å². The van der Waals surface area contributed by atoms with Gasteiger partial charge in [0.05, 0.1) is 23.3 Å². The molecule has 0 saturated carbocycles. The number of hydrogen-bond acceptors (Lipinski definition) is 5. The Kier molecular flexibility index (Phi) is 4.17. The van der Waals surface area contributed by atoms with Gasteiger partial charge in [0.1, 0.15) is 6.54 Å². The molecule has 1 amide bonds. The van der Waals surface area contributed by atoms with Crippen LogP contribution in [0.1, 0.15) is 0 Å². The lowest BCUT2D eigenvalue weighted by molar-refractivity contribution is -0.133. The molecule has 1 aliphatic rings. The first-order chi connectivity index (χ1) is 10.6. The standard InChI is InChI=1S/C14H15ClN4O2S/c1-16-18-6-4-17(5-7-18)13(20)9-19-11-8-10(15)2-3-12(11)22-14(19)21/h2-3,8H,1,4-7,9H2. The van der Waals surface area contributed by atoms with E-state index in [1.807, 2.05) is 5.01 Å². The Balaban J connectivity index is 1.80. The molecular formula is C14H15ClN4O2S. The van der Waals surface area contributed by atoms with E-state index in [0.29, 0.717) is 36.7 Å². The van der Waals surface area contributed by atoms with Gasteiger partial charge in [-0.2, -0.15) is 5.10 Å². The minimum atomic E-state index is -0.142. The van der Waals surface area contributed by atoms with E-state index in [4.69, 9.17) is 11.6 Å². The number of hydrogen-bond donors (Lipinski definition) is 0. The quantitative estimate of drug-likeness (QED) is 0.796. The van der Waals surface area contributed by atoms with Crippen LogP contribution >= 0.6 is 22.9 Å². The minimum Gasteiger partial charge on any atom is -0.337 e. The van der Waals surface area contributed by atoms with Gasteiger partial charge in [-0.15, -0.1) is 0 Å².